The third kappa shape index (κ3) is 5.47. The average Bonchev–Trinajstić information content (AvgIpc) is 2.79. The van der Waals surface area contributed by atoms with E-state index in [-0.39, 0.29) is 34.5 Å². The quantitative estimate of drug-likeness (QED) is 0.368. The topological polar surface area (TPSA) is 89.4 Å². The van der Waals surface area contributed by atoms with Crippen molar-refractivity contribution < 1.29 is 30.7 Å². The molecule has 7 nitrogen and oxygen atoms in total. The maximum atomic E-state index is 14.5. The molecule has 14 heteroatoms. The van der Waals surface area contributed by atoms with Crippen LogP contribution in [0.1, 0.15) is 17.1 Å². The van der Waals surface area contributed by atoms with Crippen LogP contribution in [0.4, 0.5) is 42.4 Å². The van der Waals surface area contributed by atoms with E-state index in [9.17, 15) is 30.7 Å². The van der Waals surface area contributed by atoms with Gasteiger partial charge in [-0.3, -0.25) is 9.97 Å². The van der Waals surface area contributed by atoms with E-state index >= 15 is 0 Å². The van der Waals surface area contributed by atoms with Gasteiger partial charge in [0.05, 0.1) is 11.8 Å². The van der Waals surface area contributed by atoms with E-state index in [0.29, 0.717) is 11.8 Å². The summed E-state index contributed by atoms with van der Waals surface area (Å²) in [4.78, 5) is 22.6. The third-order valence-electron chi connectivity index (χ3n) is 4.44. The molecule has 0 fully saturated rings. The standard InChI is InChI=1S/C21H12F7N7/c1-10-7-12(13(22)9-30-10)17-33-18(14-3-2-4-15(32-14)20(23,24)25)35-19(34-17)31-11-5-6-29-16(8-11)21(26,27)28/h2-9H,1H3,(H,29,31,33,34,35). The molecule has 0 radical (unpaired) electrons. The van der Waals surface area contributed by atoms with Crippen molar-refractivity contribution >= 4 is 11.6 Å². The number of pyridine rings is 3. The molecule has 0 spiro atoms. The predicted molar refractivity (Wildman–Crippen MR) is 109 cm³/mol. The maximum absolute atomic E-state index is 14.5. The van der Waals surface area contributed by atoms with Gasteiger partial charge in [0.15, 0.2) is 17.5 Å². The first-order valence-corrected chi connectivity index (χ1v) is 9.63. The average molecular weight is 495 g/mol. The van der Waals surface area contributed by atoms with E-state index in [1.54, 1.807) is 6.92 Å². The fourth-order valence-electron chi connectivity index (χ4n) is 2.89. The Morgan fingerprint density at radius 2 is 1.49 bits per heavy atom. The predicted octanol–water partition coefficient (Wildman–Crippen LogP) is 5.62. The normalized spacial score (nSPS) is 12.0. The Morgan fingerprint density at radius 3 is 2.20 bits per heavy atom. The number of aryl methyl sites for hydroxylation is 1. The lowest BCUT2D eigenvalue weighted by molar-refractivity contribution is -0.141. The fraction of sp³-hybridized carbons (Fsp3) is 0.143. The van der Waals surface area contributed by atoms with E-state index in [1.807, 2.05) is 0 Å². The highest BCUT2D eigenvalue weighted by Crippen LogP contribution is 2.31. The lowest BCUT2D eigenvalue weighted by Crippen LogP contribution is -2.10. The van der Waals surface area contributed by atoms with Crippen LogP contribution in [-0.4, -0.2) is 29.9 Å². The Hall–Kier alpha value is -4.23. The van der Waals surface area contributed by atoms with Crippen LogP contribution in [0, 0.1) is 12.7 Å². The van der Waals surface area contributed by atoms with Gasteiger partial charge < -0.3 is 5.32 Å². The van der Waals surface area contributed by atoms with Gasteiger partial charge in [-0.05, 0) is 37.3 Å². The summed E-state index contributed by atoms with van der Waals surface area (Å²) >= 11 is 0. The van der Waals surface area contributed by atoms with Gasteiger partial charge >= 0.3 is 12.4 Å². The summed E-state index contributed by atoms with van der Waals surface area (Å²) in [7, 11) is 0. The molecule has 180 valence electrons. The highest BCUT2D eigenvalue weighted by atomic mass is 19.4. The number of hydrogen-bond donors (Lipinski definition) is 1. The molecule has 0 unspecified atom stereocenters. The fourth-order valence-corrected chi connectivity index (χ4v) is 2.89. The van der Waals surface area contributed by atoms with Gasteiger partial charge in [0.1, 0.15) is 17.1 Å². The molecule has 0 aliphatic rings. The summed E-state index contributed by atoms with van der Waals surface area (Å²) in [5, 5.41) is 2.53. The van der Waals surface area contributed by atoms with Crippen molar-refractivity contribution in [2.45, 2.75) is 19.3 Å². The zero-order chi connectivity index (χ0) is 25.4. The van der Waals surface area contributed by atoms with Gasteiger partial charge in [0, 0.05) is 17.6 Å². The second-order valence-corrected chi connectivity index (χ2v) is 7.07. The van der Waals surface area contributed by atoms with Crippen LogP contribution in [0.5, 0.6) is 0 Å². The highest BCUT2D eigenvalue weighted by Gasteiger charge is 2.33. The van der Waals surface area contributed by atoms with E-state index in [2.05, 4.69) is 35.2 Å². The second kappa shape index (κ2) is 8.85. The van der Waals surface area contributed by atoms with Gasteiger partial charge in [-0.25, -0.2) is 14.4 Å². The molecule has 0 atom stereocenters. The van der Waals surface area contributed by atoms with Crippen LogP contribution < -0.4 is 5.32 Å². The summed E-state index contributed by atoms with van der Waals surface area (Å²) in [6.07, 6.45) is -7.68. The highest BCUT2D eigenvalue weighted by molar-refractivity contribution is 5.64. The van der Waals surface area contributed by atoms with Crippen LogP contribution in [-0.2, 0) is 12.4 Å². The molecule has 0 bridgehead atoms. The number of anilines is 2. The first kappa shape index (κ1) is 23.9. The zero-order valence-corrected chi connectivity index (χ0v) is 17.4. The SMILES string of the molecule is Cc1cc(-c2nc(Nc3ccnc(C(F)(F)F)c3)nc(-c3cccc(C(F)(F)F)n3)n2)c(F)cn1. The van der Waals surface area contributed by atoms with Gasteiger partial charge in [-0.1, -0.05) is 6.07 Å². The number of alkyl halides is 6. The van der Waals surface area contributed by atoms with Crippen molar-refractivity contribution in [2.75, 3.05) is 5.32 Å². The Labute approximate surface area is 192 Å². The molecule has 0 saturated carbocycles. The monoisotopic (exact) mass is 495 g/mol. The lowest BCUT2D eigenvalue weighted by Gasteiger charge is -2.12. The van der Waals surface area contributed by atoms with Crippen molar-refractivity contribution in [2.24, 2.45) is 0 Å². The molecule has 1 N–H and O–H groups in total. The molecular weight excluding hydrogens is 483 g/mol. The van der Waals surface area contributed by atoms with Gasteiger partial charge in [-0.15, -0.1) is 0 Å². The molecule has 4 aromatic heterocycles. The molecule has 0 saturated heterocycles. The number of nitrogens with zero attached hydrogens (tertiary/aromatic N) is 6. The Balaban J connectivity index is 1.85. The van der Waals surface area contributed by atoms with E-state index in [4.69, 9.17) is 0 Å². The summed E-state index contributed by atoms with van der Waals surface area (Å²) in [5.74, 6) is -1.87. The molecule has 0 aliphatic heterocycles. The molecule has 0 aliphatic carbocycles. The Morgan fingerprint density at radius 1 is 0.771 bits per heavy atom. The Bertz CT molecular complexity index is 1390. The molecule has 0 amide bonds. The van der Waals surface area contributed by atoms with Gasteiger partial charge in [-0.2, -0.15) is 36.3 Å². The summed E-state index contributed by atoms with van der Waals surface area (Å²) in [6.45, 7) is 1.56. The van der Waals surface area contributed by atoms with Crippen LogP contribution >= 0.6 is 0 Å². The van der Waals surface area contributed by atoms with E-state index in [0.717, 1.165) is 24.5 Å². The second-order valence-electron chi connectivity index (χ2n) is 7.07. The summed E-state index contributed by atoms with van der Waals surface area (Å²) in [5.41, 5.74) is -2.63. The van der Waals surface area contributed by atoms with Crippen LogP contribution in [0.3, 0.4) is 0 Å². The van der Waals surface area contributed by atoms with Crippen molar-refractivity contribution in [1.82, 2.24) is 29.9 Å². The van der Waals surface area contributed by atoms with Crippen LogP contribution in [0.2, 0.25) is 0 Å². The van der Waals surface area contributed by atoms with Gasteiger partial charge in [0.2, 0.25) is 5.95 Å². The van der Waals surface area contributed by atoms with Crippen molar-refractivity contribution in [3.8, 4) is 22.9 Å². The van der Waals surface area contributed by atoms with Crippen molar-refractivity contribution in [3.63, 3.8) is 0 Å². The van der Waals surface area contributed by atoms with Crippen LogP contribution in [0.15, 0.2) is 48.8 Å². The van der Waals surface area contributed by atoms with Gasteiger partial charge in [0.25, 0.3) is 0 Å². The maximum Gasteiger partial charge on any atom is 0.433 e. The minimum Gasteiger partial charge on any atom is -0.324 e. The molecule has 35 heavy (non-hydrogen) atoms. The van der Waals surface area contributed by atoms with Crippen molar-refractivity contribution in [1.29, 1.82) is 0 Å². The number of nitrogens with one attached hydrogen (secondary N) is 1. The first-order chi connectivity index (χ1) is 16.4. The first-order valence-electron chi connectivity index (χ1n) is 9.63. The number of rotatable bonds is 4. The minimum absolute atomic E-state index is 0.126. The summed E-state index contributed by atoms with van der Waals surface area (Å²) in [6, 6.07) is 6.19. The number of halogens is 7. The van der Waals surface area contributed by atoms with E-state index in [1.165, 1.54) is 18.2 Å². The number of hydrogen-bond acceptors (Lipinski definition) is 7. The van der Waals surface area contributed by atoms with E-state index < -0.39 is 29.6 Å². The molecule has 0 aromatic carbocycles. The van der Waals surface area contributed by atoms with Crippen molar-refractivity contribution in [3.05, 3.63) is 71.7 Å². The zero-order valence-electron chi connectivity index (χ0n) is 17.4. The van der Waals surface area contributed by atoms with Crippen LogP contribution in [0.25, 0.3) is 22.9 Å². The smallest absolute Gasteiger partial charge is 0.324 e. The minimum atomic E-state index is -4.76. The lowest BCUT2D eigenvalue weighted by atomic mass is 10.2. The number of aromatic nitrogens is 6. The molecule has 4 aromatic rings. The molecular formula is C21H12F7N7. The molecule has 4 heterocycles. The Kier molecular flexibility index (Phi) is 6.05. The molecule has 4 rings (SSSR count). The third-order valence-corrected chi connectivity index (χ3v) is 4.44. The summed E-state index contributed by atoms with van der Waals surface area (Å²) < 4.78 is 92.9. The largest absolute Gasteiger partial charge is 0.433 e.